The summed E-state index contributed by atoms with van der Waals surface area (Å²) in [4.78, 5) is 12.3. The van der Waals surface area contributed by atoms with Crippen molar-refractivity contribution in [1.29, 1.82) is 0 Å². The molecular formula is C13H16N4O. The lowest BCUT2D eigenvalue weighted by molar-refractivity contribution is -0.0594. The number of hydrogen-bond donors (Lipinski definition) is 2. The fourth-order valence-electron chi connectivity index (χ4n) is 2.12. The van der Waals surface area contributed by atoms with Crippen molar-refractivity contribution in [3.63, 3.8) is 0 Å². The van der Waals surface area contributed by atoms with Gasteiger partial charge in [0.25, 0.3) is 0 Å². The highest BCUT2D eigenvalue weighted by molar-refractivity contribution is 5.54. The van der Waals surface area contributed by atoms with Crippen LogP contribution < -0.4 is 5.73 Å². The summed E-state index contributed by atoms with van der Waals surface area (Å²) in [7, 11) is 0. The van der Waals surface area contributed by atoms with Crippen molar-refractivity contribution < 1.29 is 4.74 Å². The number of aromatic amines is 1. The van der Waals surface area contributed by atoms with Gasteiger partial charge in [0.1, 0.15) is 5.82 Å². The topological polar surface area (TPSA) is 76.8 Å². The highest BCUT2D eigenvalue weighted by Crippen LogP contribution is 2.30. The first-order chi connectivity index (χ1) is 8.73. The number of H-pyrrole nitrogens is 1. The molecule has 1 fully saturated rings. The quantitative estimate of drug-likeness (QED) is 0.844. The van der Waals surface area contributed by atoms with E-state index in [0.717, 1.165) is 22.9 Å². The lowest BCUT2D eigenvalue weighted by atomic mass is 9.85. The van der Waals surface area contributed by atoms with E-state index in [1.165, 1.54) is 0 Å². The molecule has 0 spiro atoms. The Morgan fingerprint density at radius 1 is 1.44 bits per heavy atom. The first kappa shape index (κ1) is 11.4. The third kappa shape index (κ3) is 1.72. The number of aromatic nitrogens is 3. The number of rotatable bonds is 3. The van der Waals surface area contributed by atoms with Crippen molar-refractivity contribution in [3.8, 4) is 11.4 Å². The van der Waals surface area contributed by atoms with Crippen LogP contribution in [0.1, 0.15) is 11.5 Å². The van der Waals surface area contributed by atoms with Crippen molar-refractivity contribution in [1.82, 2.24) is 15.0 Å². The molecule has 0 saturated carbocycles. The lowest BCUT2D eigenvalue weighted by Gasteiger charge is -2.39. The molecule has 3 rings (SSSR count). The van der Waals surface area contributed by atoms with Gasteiger partial charge < -0.3 is 15.5 Å². The minimum absolute atomic E-state index is 0.201. The molecule has 0 aromatic carbocycles. The first-order valence-corrected chi connectivity index (χ1v) is 6.01. The van der Waals surface area contributed by atoms with Crippen LogP contribution in [0.5, 0.6) is 0 Å². The highest BCUT2D eigenvalue weighted by Gasteiger charge is 2.42. The number of nitrogens with one attached hydrogen (secondary N) is 1. The summed E-state index contributed by atoms with van der Waals surface area (Å²) in [6.07, 6.45) is 1.89. The highest BCUT2D eigenvalue weighted by atomic mass is 16.5. The molecule has 2 aromatic rings. The van der Waals surface area contributed by atoms with Crippen LogP contribution in [0.15, 0.2) is 24.4 Å². The Bertz CT molecular complexity index is 541. The smallest absolute Gasteiger partial charge is 0.141 e. The molecule has 0 aliphatic carbocycles. The summed E-state index contributed by atoms with van der Waals surface area (Å²) in [5.41, 5.74) is 8.50. The van der Waals surface area contributed by atoms with E-state index in [0.29, 0.717) is 19.8 Å². The Hall–Kier alpha value is -1.72. The van der Waals surface area contributed by atoms with Gasteiger partial charge in [-0.25, -0.2) is 9.97 Å². The molecule has 5 heteroatoms. The van der Waals surface area contributed by atoms with Crippen LogP contribution in [0.4, 0.5) is 0 Å². The van der Waals surface area contributed by atoms with E-state index >= 15 is 0 Å². The van der Waals surface area contributed by atoms with E-state index in [1.807, 2.05) is 31.3 Å². The minimum atomic E-state index is -0.201. The molecular weight excluding hydrogens is 228 g/mol. The van der Waals surface area contributed by atoms with Crippen molar-refractivity contribution in [3.05, 3.63) is 35.9 Å². The summed E-state index contributed by atoms with van der Waals surface area (Å²) in [5, 5.41) is 0. The van der Waals surface area contributed by atoms with E-state index in [9.17, 15) is 0 Å². The van der Waals surface area contributed by atoms with E-state index < -0.39 is 0 Å². The van der Waals surface area contributed by atoms with Gasteiger partial charge in [0.05, 0.1) is 30.0 Å². The Kier molecular flexibility index (Phi) is 2.65. The largest absolute Gasteiger partial charge is 0.379 e. The number of aryl methyl sites for hydroxylation is 1. The van der Waals surface area contributed by atoms with Crippen LogP contribution in [0.3, 0.4) is 0 Å². The summed E-state index contributed by atoms with van der Waals surface area (Å²) >= 11 is 0. The number of ether oxygens (including phenoxy) is 1. The van der Waals surface area contributed by atoms with E-state index in [4.69, 9.17) is 10.5 Å². The maximum Gasteiger partial charge on any atom is 0.141 e. The third-order valence-corrected chi connectivity index (χ3v) is 3.35. The summed E-state index contributed by atoms with van der Waals surface area (Å²) in [6, 6.07) is 5.93. The zero-order valence-electron chi connectivity index (χ0n) is 10.3. The molecule has 0 unspecified atom stereocenters. The third-order valence-electron chi connectivity index (χ3n) is 3.35. The van der Waals surface area contributed by atoms with Crippen LogP contribution in [0.2, 0.25) is 0 Å². The fourth-order valence-corrected chi connectivity index (χ4v) is 2.12. The van der Waals surface area contributed by atoms with Crippen molar-refractivity contribution in [2.24, 2.45) is 5.73 Å². The molecule has 3 N–H and O–H groups in total. The molecule has 2 aromatic heterocycles. The molecule has 5 nitrogen and oxygen atoms in total. The second kappa shape index (κ2) is 4.19. The monoisotopic (exact) mass is 244 g/mol. The van der Waals surface area contributed by atoms with Gasteiger partial charge in [0, 0.05) is 18.4 Å². The number of nitrogens with two attached hydrogens (primary N) is 1. The molecule has 0 amide bonds. The van der Waals surface area contributed by atoms with Crippen molar-refractivity contribution >= 4 is 0 Å². The van der Waals surface area contributed by atoms with Gasteiger partial charge in [-0.3, -0.25) is 0 Å². The second-order valence-electron chi connectivity index (χ2n) is 4.78. The predicted octanol–water partition coefficient (Wildman–Crippen LogP) is 1.01. The van der Waals surface area contributed by atoms with Crippen molar-refractivity contribution in [2.75, 3.05) is 19.8 Å². The normalized spacial score (nSPS) is 17.4. The molecule has 1 aliphatic heterocycles. The molecule has 18 heavy (non-hydrogen) atoms. The van der Waals surface area contributed by atoms with Crippen LogP contribution >= 0.6 is 0 Å². The standard InChI is InChI=1S/C13H16N4O/c1-9-5-11(10-3-2-4-15-10)17-12(16-9)13(6-14)7-18-8-13/h2-5,15H,6-8,14H2,1H3. The zero-order valence-corrected chi connectivity index (χ0v) is 10.3. The minimum Gasteiger partial charge on any atom is -0.379 e. The number of nitrogens with zero attached hydrogens (tertiary/aromatic N) is 2. The average Bonchev–Trinajstić information content (AvgIpc) is 2.81. The molecule has 0 radical (unpaired) electrons. The van der Waals surface area contributed by atoms with Gasteiger partial charge in [-0.05, 0) is 25.1 Å². The average molecular weight is 244 g/mol. The fraction of sp³-hybridized carbons (Fsp3) is 0.385. The lowest BCUT2D eigenvalue weighted by Crippen LogP contribution is -2.53. The molecule has 0 bridgehead atoms. The zero-order chi connectivity index (χ0) is 12.6. The maximum absolute atomic E-state index is 5.85. The Balaban J connectivity index is 2.06. The van der Waals surface area contributed by atoms with E-state index in [-0.39, 0.29) is 5.41 Å². The van der Waals surface area contributed by atoms with Gasteiger partial charge in [-0.15, -0.1) is 0 Å². The van der Waals surface area contributed by atoms with E-state index in [1.54, 1.807) is 0 Å². The van der Waals surface area contributed by atoms with Gasteiger partial charge >= 0.3 is 0 Å². The Morgan fingerprint density at radius 2 is 2.28 bits per heavy atom. The molecule has 1 aliphatic rings. The maximum atomic E-state index is 5.85. The Morgan fingerprint density at radius 3 is 2.83 bits per heavy atom. The van der Waals surface area contributed by atoms with Gasteiger partial charge in [-0.1, -0.05) is 0 Å². The van der Waals surface area contributed by atoms with Crippen LogP contribution in [-0.4, -0.2) is 34.7 Å². The Labute approximate surface area is 105 Å². The van der Waals surface area contributed by atoms with Crippen LogP contribution in [0.25, 0.3) is 11.4 Å². The number of hydrogen-bond acceptors (Lipinski definition) is 4. The van der Waals surface area contributed by atoms with Crippen LogP contribution in [-0.2, 0) is 10.2 Å². The van der Waals surface area contributed by atoms with Crippen LogP contribution in [0, 0.1) is 6.92 Å². The summed E-state index contributed by atoms with van der Waals surface area (Å²) in [6.45, 7) is 3.70. The molecule has 1 saturated heterocycles. The van der Waals surface area contributed by atoms with E-state index in [2.05, 4.69) is 15.0 Å². The summed E-state index contributed by atoms with van der Waals surface area (Å²) in [5.74, 6) is 0.792. The SMILES string of the molecule is Cc1cc(-c2ccc[nH]2)nc(C2(CN)COC2)n1. The molecule has 94 valence electrons. The summed E-state index contributed by atoms with van der Waals surface area (Å²) < 4.78 is 5.29. The van der Waals surface area contributed by atoms with Crippen molar-refractivity contribution in [2.45, 2.75) is 12.3 Å². The molecule has 3 heterocycles. The first-order valence-electron chi connectivity index (χ1n) is 6.01. The van der Waals surface area contributed by atoms with Gasteiger partial charge in [0.2, 0.25) is 0 Å². The molecule has 0 atom stereocenters. The van der Waals surface area contributed by atoms with Gasteiger partial charge in [0.15, 0.2) is 0 Å². The second-order valence-corrected chi connectivity index (χ2v) is 4.78. The van der Waals surface area contributed by atoms with Gasteiger partial charge in [-0.2, -0.15) is 0 Å². The predicted molar refractivity (Wildman–Crippen MR) is 68.1 cm³/mol.